The van der Waals surface area contributed by atoms with Crippen LogP contribution in [0.25, 0.3) is 0 Å². The van der Waals surface area contributed by atoms with Crippen LogP contribution < -0.4 is 5.73 Å². The van der Waals surface area contributed by atoms with Crippen LogP contribution in [0.15, 0.2) is 41.8 Å². The van der Waals surface area contributed by atoms with E-state index in [2.05, 4.69) is 0 Å². The smallest absolute Gasteiger partial charge is 0.337 e. The van der Waals surface area contributed by atoms with E-state index < -0.39 is 5.97 Å². The van der Waals surface area contributed by atoms with E-state index in [0.29, 0.717) is 6.61 Å². The summed E-state index contributed by atoms with van der Waals surface area (Å²) in [6, 6.07) is 9.28. The molecule has 0 saturated heterocycles. The predicted octanol–water partition coefficient (Wildman–Crippen LogP) is 1.52. The minimum atomic E-state index is -1.05. The number of carboxylic acid groups (broad SMARTS) is 1. The van der Waals surface area contributed by atoms with Gasteiger partial charge in [0.1, 0.15) is 5.57 Å². The monoisotopic (exact) mass is 221 g/mol. The molecule has 3 N–H and O–H groups in total. The highest BCUT2D eigenvalue weighted by Crippen LogP contribution is 2.11. The number of ether oxygens (including phenoxy) is 1. The summed E-state index contributed by atoms with van der Waals surface area (Å²) < 4.78 is 5.01. The maximum atomic E-state index is 11.0. The SMILES string of the molecule is CCO/C(N)=C(/Cc1ccccc1)C(=O)O. The van der Waals surface area contributed by atoms with Gasteiger partial charge in [0.25, 0.3) is 0 Å². The molecule has 0 aromatic heterocycles. The van der Waals surface area contributed by atoms with Gasteiger partial charge < -0.3 is 15.6 Å². The van der Waals surface area contributed by atoms with Gasteiger partial charge in [-0.15, -0.1) is 0 Å². The Morgan fingerprint density at radius 3 is 2.50 bits per heavy atom. The molecule has 0 fully saturated rings. The van der Waals surface area contributed by atoms with E-state index in [9.17, 15) is 4.79 Å². The number of carboxylic acids is 1. The number of rotatable bonds is 5. The van der Waals surface area contributed by atoms with Crippen LogP contribution >= 0.6 is 0 Å². The van der Waals surface area contributed by atoms with E-state index in [4.69, 9.17) is 15.6 Å². The number of hydrogen-bond donors (Lipinski definition) is 2. The molecule has 16 heavy (non-hydrogen) atoms. The fourth-order valence-corrected chi connectivity index (χ4v) is 1.31. The first kappa shape index (κ1) is 12.1. The maximum absolute atomic E-state index is 11.0. The Morgan fingerprint density at radius 2 is 2.00 bits per heavy atom. The van der Waals surface area contributed by atoms with E-state index in [1.54, 1.807) is 6.92 Å². The Labute approximate surface area is 94.3 Å². The van der Waals surface area contributed by atoms with Crippen molar-refractivity contribution in [1.82, 2.24) is 0 Å². The van der Waals surface area contributed by atoms with Gasteiger partial charge in [-0.25, -0.2) is 4.79 Å². The largest absolute Gasteiger partial charge is 0.479 e. The van der Waals surface area contributed by atoms with Gasteiger partial charge >= 0.3 is 5.97 Å². The lowest BCUT2D eigenvalue weighted by Crippen LogP contribution is -2.15. The van der Waals surface area contributed by atoms with Gasteiger partial charge in [-0.2, -0.15) is 0 Å². The zero-order chi connectivity index (χ0) is 12.0. The molecular formula is C12H15NO3. The Kier molecular flexibility index (Phi) is 4.39. The normalized spacial score (nSPS) is 11.8. The number of benzene rings is 1. The lowest BCUT2D eigenvalue weighted by atomic mass is 10.1. The van der Waals surface area contributed by atoms with Crippen molar-refractivity contribution in [3.05, 3.63) is 47.4 Å². The fraction of sp³-hybridized carbons (Fsp3) is 0.250. The van der Waals surface area contributed by atoms with Gasteiger partial charge in [0.05, 0.1) is 6.61 Å². The second-order valence-electron chi connectivity index (χ2n) is 3.24. The molecule has 86 valence electrons. The first-order valence-electron chi connectivity index (χ1n) is 5.03. The van der Waals surface area contributed by atoms with E-state index in [1.807, 2.05) is 30.3 Å². The van der Waals surface area contributed by atoms with Gasteiger partial charge in [0, 0.05) is 6.42 Å². The minimum absolute atomic E-state index is 0.0150. The van der Waals surface area contributed by atoms with Crippen molar-refractivity contribution >= 4 is 5.97 Å². The van der Waals surface area contributed by atoms with Crippen LogP contribution in [-0.4, -0.2) is 17.7 Å². The molecule has 0 heterocycles. The van der Waals surface area contributed by atoms with Crippen molar-refractivity contribution in [2.45, 2.75) is 13.3 Å². The lowest BCUT2D eigenvalue weighted by Gasteiger charge is -2.08. The second kappa shape index (κ2) is 5.80. The molecule has 0 unspecified atom stereocenters. The zero-order valence-electron chi connectivity index (χ0n) is 9.14. The van der Waals surface area contributed by atoms with Crippen molar-refractivity contribution in [1.29, 1.82) is 0 Å². The third kappa shape index (κ3) is 3.31. The van der Waals surface area contributed by atoms with Crippen LogP contribution in [0.2, 0.25) is 0 Å². The van der Waals surface area contributed by atoms with E-state index >= 15 is 0 Å². The number of aliphatic carboxylic acids is 1. The van der Waals surface area contributed by atoms with Crippen molar-refractivity contribution in [2.24, 2.45) is 5.73 Å². The molecule has 1 aromatic rings. The third-order valence-corrected chi connectivity index (χ3v) is 2.08. The van der Waals surface area contributed by atoms with Crippen molar-refractivity contribution in [3.63, 3.8) is 0 Å². The second-order valence-corrected chi connectivity index (χ2v) is 3.24. The molecule has 1 aromatic carbocycles. The number of hydrogen-bond acceptors (Lipinski definition) is 3. The molecule has 0 radical (unpaired) electrons. The third-order valence-electron chi connectivity index (χ3n) is 2.08. The minimum Gasteiger partial charge on any atom is -0.479 e. The molecule has 0 bridgehead atoms. The molecule has 0 aliphatic heterocycles. The number of carbonyl (C=O) groups is 1. The molecule has 1 rings (SSSR count). The standard InChI is InChI=1S/C12H15NO3/c1-2-16-11(13)10(12(14)15)8-9-6-4-3-5-7-9/h3-7H,2,8,13H2,1H3,(H,14,15)/b11-10-. The quantitative estimate of drug-likeness (QED) is 0.584. The van der Waals surface area contributed by atoms with Crippen LogP contribution in [0.4, 0.5) is 0 Å². The summed E-state index contributed by atoms with van der Waals surface area (Å²) in [5.41, 5.74) is 6.54. The van der Waals surface area contributed by atoms with E-state index in [-0.39, 0.29) is 17.9 Å². The highest BCUT2D eigenvalue weighted by Gasteiger charge is 2.14. The van der Waals surface area contributed by atoms with Crippen LogP contribution in [0.1, 0.15) is 12.5 Å². The Balaban J connectivity index is 2.89. The van der Waals surface area contributed by atoms with E-state index in [1.165, 1.54) is 0 Å². The summed E-state index contributed by atoms with van der Waals surface area (Å²) in [6.45, 7) is 2.12. The molecule has 4 heteroatoms. The predicted molar refractivity (Wildman–Crippen MR) is 60.6 cm³/mol. The van der Waals surface area contributed by atoms with Gasteiger partial charge in [-0.1, -0.05) is 30.3 Å². The molecule has 0 atom stereocenters. The van der Waals surface area contributed by atoms with Crippen LogP contribution in [0.3, 0.4) is 0 Å². The molecular weight excluding hydrogens is 206 g/mol. The summed E-state index contributed by atoms with van der Waals surface area (Å²) in [7, 11) is 0. The average Bonchev–Trinajstić information content (AvgIpc) is 2.27. The van der Waals surface area contributed by atoms with Crippen LogP contribution in [-0.2, 0) is 16.0 Å². The fourth-order valence-electron chi connectivity index (χ4n) is 1.31. The Morgan fingerprint density at radius 1 is 1.38 bits per heavy atom. The van der Waals surface area contributed by atoms with Gasteiger partial charge in [-0.3, -0.25) is 0 Å². The summed E-state index contributed by atoms with van der Waals surface area (Å²) in [6.07, 6.45) is 0.266. The highest BCUT2D eigenvalue weighted by atomic mass is 16.5. The number of nitrogens with two attached hydrogens (primary N) is 1. The molecule has 4 nitrogen and oxygen atoms in total. The van der Waals surface area contributed by atoms with Crippen LogP contribution in [0, 0.1) is 0 Å². The lowest BCUT2D eigenvalue weighted by molar-refractivity contribution is -0.133. The topological polar surface area (TPSA) is 72.5 Å². The Hall–Kier alpha value is -1.97. The highest BCUT2D eigenvalue weighted by molar-refractivity contribution is 5.87. The zero-order valence-corrected chi connectivity index (χ0v) is 9.14. The van der Waals surface area contributed by atoms with Gasteiger partial charge in [0.15, 0.2) is 5.88 Å². The first-order chi connectivity index (χ1) is 7.65. The molecule has 0 saturated carbocycles. The van der Waals surface area contributed by atoms with Crippen molar-refractivity contribution in [2.75, 3.05) is 6.61 Å². The maximum Gasteiger partial charge on any atom is 0.337 e. The van der Waals surface area contributed by atoms with Crippen molar-refractivity contribution < 1.29 is 14.6 Å². The molecule has 0 aliphatic rings. The van der Waals surface area contributed by atoms with Crippen LogP contribution in [0.5, 0.6) is 0 Å². The summed E-state index contributed by atoms with van der Waals surface area (Å²) >= 11 is 0. The summed E-state index contributed by atoms with van der Waals surface area (Å²) in [5.74, 6) is -1.06. The van der Waals surface area contributed by atoms with Gasteiger partial charge in [0.2, 0.25) is 0 Å². The Bertz CT molecular complexity index is 385. The molecule has 0 aliphatic carbocycles. The summed E-state index contributed by atoms with van der Waals surface area (Å²) in [4.78, 5) is 11.0. The molecule has 0 spiro atoms. The van der Waals surface area contributed by atoms with E-state index in [0.717, 1.165) is 5.56 Å². The first-order valence-corrected chi connectivity index (χ1v) is 5.03. The van der Waals surface area contributed by atoms with Gasteiger partial charge in [-0.05, 0) is 12.5 Å². The van der Waals surface area contributed by atoms with Crippen molar-refractivity contribution in [3.8, 4) is 0 Å². The molecule has 0 amide bonds. The summed E-state index contributed by atoms with van der Waals surface area (Å²) in [5, 5.41) is 9.01. The average molecular weight is 221 g/mol.